The molecule has 2 fully saturated rings. The second kappa shape index (κ2) is 8.76. The average molecular weight is 416 g/mol. The summed E-state index contributed by atoms with van der Waals surface area (Å²) in [5, 5.41) is 0.250. The van der Waals surface area contributed by atoms with Gasteiger partial charge in [0.2, 0.25) is 5.43 Å². The molecule has 162 valence electrons. The fourth-order valence-electron chi connectivity index (χ4n) is 4.09. The van der Waals surface area contributed by atoms with Gasteiger partial charge in [-0.3, -0.25) is 4.79 Å². The maximum absolute atomic E-state index is 15.1. The Balaban J connectivity index is 1.73. The van der Waals surface area contributed by atoms with Gasteiger partial charge in [0, 0.05) is 43.8 Å². The summed E-state index contributed by atoms with van der Waals surface area (Å²) in [6.45, 7) is 8.72. The molecule has 1 aromatic carbocycles. The third-order valence-electron chi connectivity index (χ3n) is 6.15. The summed E-state index contributed by atoms with van der Waals surface area (Å²) in [7, 11) is 0. The minimum absolute atomic E-state index is 0.00536. The van der Waals surface area contributed by atoms with E-state index in [0.717, 1.165) is 58.4 Å². The van der Waals surface area contributed by atoms with Gasteiger partial charge in [0.15, 0.2) is 0 Å². The number of halogens is 1. The molecule has 1 aromatic heterocycles. The number of benzene rings is 1. The molecule has 0 spiro atoms. The monoisotopic (exact) mass is 415 g/mol. The Morgan fingerprint density at radius 3 is 2.53 bits per heavy atom. The predicted molar refractivity (Wildman–Crippen MR) is 116 cm³/mol. The Labute approximate surface area is 176 Å². The number of unbranched alkanes of at least 4 members (excludes halogenated alkanes) is 1. The standard InChI is InChI=1S/C23H30FN3O3/c1-3-5-12-30-23(29)18-15-27(16-6-7-16)20-14-21(19(24)13-17(20)22(18)28)26-10-8-25(4-2)9-11-26/h13-16H,3-12H2,1-2H3. The van der Waals surface area contributed by atoms with Crippen LogP contribution in [-0.2, 0) is 4.74 Å². The molecule has 0 amide bonds. The van der Waals surface area contributed by atoms with Crippen molar-refractivity contribution in [1.29, 1.82) is 0 Å². The maximum Gasteiger partial charge on any atom is 0.343 e. The van der Waals surface area contributed by atoms with Gasteiger partial charge in [0.25, 0.3) is 0 Å². The minimum Gasteiger partial charge on any atom is -0.462 e. The van der Waals surface area contributed by atoms with Crippen LogP contribution in [0.5, 0.6) is 0 Å². The Bertz CT molecular complexity index is 991. The lowest BCUT2D eigenvalue weighted by Gasteiger charge is -2.35. The highest BCUT2D eigenvalue weighted by atomic mass is 19.1. The highest BCUT2D eigenvalue weighted by molar-refractivity contribution is 5.94. The van der Waals surface area contributed by atoms with Crippen molar-refractivity contribution >= 4 is 22.6 Å². The van der Waals surface area contributed by atoms with Gasteiger partial charge in [-0.1, -0.05) is 20.3 Å². The second-order valence-corrected chi connectivity index (χ2v) is 8.24. The topological polar surface area (TPSA) is 54.8 Å². The number of esters is 1. The number of pyridine rings is 1. The van der Waals surface area contributed by atoms with Crippen LogP contribution in [0.25, 0.3) is 10.9 Å². The minimum atomic E-state index is -0.620. The third kappa shape index (κ3) is 4.08. The Morgan fingerprint density at radius 2 is 1.90 bits per heavy atom. The number of ether oxygens (including phenoxy) is 1. The zero-order valence-corrected chi connectivity index (χ0v) is 17.8. The van der Waals surface area contributed by atoms with Gasteiger partial charge in [-0.05, 0) is 37.9 Å². The number of nitrogens with zero attached hydrogens (tertiary/aromatic N) is 3. The van der Waals surface area contributed by atoms with E-state index < -0.39 is 17.2 Å². The van der Waals surface area contributed by atoms with Crippen molar-refractivity contribution in [2.45, 2.75) is 45.6 Å². The van der Waals surface area contributed by atoms with Crippen LogP contribution >= 0.6 is 0 Å². The number of carbonyl (C=O) groups is 1. The second-order valence-electron chi connectivity index (χ2n) is 8.24. The summed E-state index contributed by atoms with van der Waals surface area (Å²) in [6, 6.07) is 3.34. The zero-order chi connectivity index (χ0) is 21.3. The molecule has 2 aliphatic rings. The van der Waals surface area contributed by atoms with Gasteiger partial charge in [0.1, 0.15) is 11.4 Å². The van der Waals surface area contributed by atoms with Crippen LogP contribution in [0, 0.1) is 5.82 Å². The molecule has 0 unspecified atom stereocenters. The summed E-state index contributed by atoms with van der Waals surface area (Å²) in [4.78, 5) is 29.9. The van der Waals surface area contributed by atoms with E-state index in [2.05, 4.69) is 16.7 Å². The summed E-state index contributed by atoms with van der Waals surface area (Å²) in [6.07, 6.45) is 5.25. The molecule has 2 aromatic rings. The van der Waals surface area contributed by atoms with Crippen LogP contribution in [0.15, 0.2) is 23.1 Å². The summed E-state index contributed by atoms with van der Waals surface area (Å²) < 4.78 is 22.3. The first-order valence-electron chi connectivity index (χ1n) is 11.1. The van der Waals surface area contributed by atoms with Gasteiger partial charge in [-0.25, -0.2) is 9.18 Å². The lowest BCUT2D eigenvalue weighted by atomic mass is 10.1. The number of anilines is 1. The maximum atomic E-state index is 15.1. The molecule has 7 heteroatoms. The van der Waals surface area contributed by atoms with Crippen molar-refractivity contribution in [3.05, 3.63) is 39.9 Å². The molecule has 4 rings (SSSR count). The van der Waals surface area contributed by atoms with E-state index in [1.807, 2.05) is 11.5 Å². The highest BCUT2D eigenvalue weighted by Gasteiger charge is 2.28. The van der Waals surface area contributed by atoms with E-state index in [1.54, 1.807) is 12.3 Å². The van der Waals surface area contributed by atoms with Crippen LogP contribution < -0.4 is 10.3 Å². The molecule has 1 aliphatic carbocycles. The zero-order valence-electron chi connectivity index (χ0n) is 17.8. The van der Waals surface area contributed by atoms with Crippen LogP contribution in [0.3, 0.4) is 0 Å². The summed E-state index contributed by atoms with van der Waals surface area (Å²) in [5.74, 6) is -1.03. The van der Waals surface area contributed by atoms with E-state index in [0.29, 0.717) is 11.2 Å². The smallest absolute Gasteiger partial charge is 0.343 e. The molecular formula is C23H30FN3O3. The van der Waals surface area contributed by atoms with Crippen molar-refractivity contribution < 1.29 is 13.9 Å². The van der Waals surface area contributed by atoms with Crippen LogP contribution in [0.4, 0.5) is 10.1 Å². The molecule has 1 saturated heterocycles. The molecule has 1 aliphatic heterocycles. The first-order valence-corrected chi connectivity index (χ1v) is 11.1. The first-order chi connectivity index (χ1) is 14.5. The Kier molecular flexibility index (Phi) is 6.09. The number of aromatic nitrogens is 1. The van der Waals surface area contributed by atoms with E-state index in [-0.39, 0.29) is 23.6 Å². The quantitative estimate of drug-likeness (QED) is 0.511. The van der Waals surface area contributed by atoms with E-state index in [1.165, 1.54) is 6.07 Å². The molecule has 0 radical (unpaired) electrons. The van der Waals surface area contributed by atoms with Crippen molar-refractivity contribution in [2.24, 2.45) is 0 Å². The van der Waals surface area contributed by atoms with Gasteiger partial charge < -0.3 is 19.1 Å². The third-order valence-corrected chi connectivity index (χ3v) is 6.15. The Morgan fingerprint density at radius 1 is 1.17 bits per heavy atom. The molecule has 30 heavy (non-hydrogen) atoms. The van der Waals surface area contributed by atoms with Crippen molar-refractivity contribution in [3.8, 4) is 0 Å². The van der Waals surface area contributed by atoms with Gasteiger partial charge in [-0.15, -0.1) is 0 Å². The molecule has 0 N–H and O–H groups in total. The number of carbonyl (C=O) groups excluding carboxylic acids is 1. The number of piperazine rings is 1. The Hall–Kier alpha value is -2.41. The van der Waals surface area contributed by atoms with E-state index in [4.69, 9.17) is 4.74 Å². The van der Waals surface area contributed by atoms with Gasteiger partial charge >= 0.3 is 5.97 Å². The average Bonchev–Trinajstić information content (AvgIpc) is 3.59. The molecular weight excluding hydrogens is 385 g/mol. The van der Waals surface area contributed by atoms with Gasteiger partial charge in [-0.2, -0.15) is 0 Å². The van der Waals surface area contributed by atoms with Crippen molar-refractivity contribution in [2.75, 3.05) is 44.2 Å². The number of rotatable bonds is 7. The van der Waals surface area contributed by atoms with Crippen LogP contribution in [0.2, 0.25) is 0 Å². The van der Waals surface area contributed by atoms with Crippen molar-refractivity contribution in [3.63, 3.8) is 0 Å². The lowest BCUT2D eigenvalue weighted by Crippen LogP contribution is -2.46. The number of likely N-dealkylation sites (N-methyl/N-ethyl adjacent to an activating group) is 1. The molecule has 0 bridgehead atoms. The largest absolute Gasteiger partial charge is 0.462 e. The SMILES string of the molecule is CCCCOC(=O)c1cn(C2CC2)c2cc(N3CCN(CC)CC3)c(F)cc2c1=O. The van der Waals surface area contributed by atoms with Crippen LogP contribution in [0.1, 0.15) is 55.9 Å². The fraction of sp³-hybridized carbons (Fsp3) is 0.565. The number of fused-ring (bicyclic) bond motifs is 1. The summed E-state index contributed by atoms with van der Waals surface area (Å²) in [5.41, 5.74) is 0.770. The first kappa shape index (κ1) is 20.8. The van der Waals surface area contributed by atoms with Crippen molar-refractivity contribution in [1.82, 2.24) is 9.47 Å². The van der Waals surface area contributed by atoms with Gasteiger partial charge in [0.05, 0.1) is 17.8 Å². The fourth-order valence-corrected chi connectivity index (χ4v) is 4.09. The molecule has 0 atom stereocenters. The number of hydrogen-bond donors (Lipinski definition) is 0. The van der Waals surface area contributed by atoms with E-state index >= 15 is 4.39 Å². The molecule has 6 nitrogen and oxygen atoms in total. The van der Waals surface area contributed by atoms with E-state index in [9.17, 15) is 9.59 Å². The molecule has 1 saturated carbocycles. The van der Waals surface area contributed by atoms with Crippen LogP contribution in [-0.4, -0.2) is 54.8 Å². The summed E-state index contributed by atoms with van der Waals surface area (Å²) >= 11 is 0. The lowest BCUT2D eigenvalue weighted by molar-refractivity contribution is 0.0497. The predicted octanol–water partition coefficient (Wildman–Crippen LogP) is 3.57. The normalized spacial score (nSPS) is 17.5. The number of hydrogen-bond acceptors (Lipinski definition) is 5. The molecule has 2 heterocycles. The highest BCUT2D eigenvalue weighted by Crippen LogP contribution is 2.38.